The van der Waals surface area contributed by atoms with Crippen molar-refractivity contribution in [2.75, 3.05) is 26.3 Å². The molecule has 1 aromatic rings. The van der Waals surface area contributed by atoms with Crippen molar-refractivity contribution < 1.29 is 33.4 Å². The first-order valence-electron chi connectivity index (χ1n) is 9.51. The average molecular weight is 402 g/mol. The van der Waals surface area contributed by atoms with Crippen molar-refractivity contribution in [3.8, 4) is 0 Å². The molecule has 1 aromatic carbocycles. The van der Waals surface area contributed by atoms with E-state index in [9.17, 15) is 24.0 Å². The summed E-state index contributed by atoms with van der Waals surface area (Å²) in [5.74, 6) is -3.02. The van der Waals surface area contributed by atoms with Crippen molar-refractivity contribution in [3.05, 3.63) is 35.4 Å². The van der Waals surface area contributed by atoms with Crippen molar-refractivity contribution >= 4 is 29.7 Å². The second kappa shape index (κ2) is 8.85. The van der Waals surface area contributed by atoms with Crippen LogP contribution in [0.15, 0.2) is 24.3 Å². The van der Waals surface area contributed by atoms with E-state index < -0.39 is 48.9 Å². The van der Waals surface area contributed by atoms with Crippen LogP contribution in [0.5, 0.6) is 0 Å². The van der Waals surface area contributed by atoms with Crippen molar-refractivity contribution in [2.24, 2.45) is 0 Å². The maximum atomic E-state index is 12.5. The van der Waals surface area contributed by atoms with E-state index in [-0.39, 0.29) is 17.7 Å². The number of hydrogen-bond donors (Lipinski definition) is 0. The number of carbonyl (C=O) groups excluding carboxylic acids is 5. The fourth-order valence-electron chi connectivity index (χ4n) is 3.50. The predicted octanol–water partition coefficient (Wildman–Crippen LogP) is 0.770. The van der Waals surface area contributed by atoms with Crippen LogP contribution < -0.4 is 0 Å². The number of fused-ring (bicyclic) bond motifs is 1. The molecule has 0 unspecified atom stereocenters. The van der Waals surface area contributed by atoms with Crippen molar-refractivity contribution in [1.29, 1.82) is 0 Å². The minimum atomic E-state index is -0.877. The normalized spacial score (nSPS) is 18.4. The highest BCUT2D eigenvalue weighted by Gasteiger charge is 2.37. The van der Waals surface area contributed by atoms with Gasteiger partial charge in [-0.15, -0.1) is 0 Å². The predicted molar refractivity (Wildman–Crippen MR) is 98.8 cm³/mol. The summed E-state index contributed by atoms with van der Waals surface area (Å²) in [6.45, 7) is 1.12. The lowest BCUT2D eigenvalue weighted by Gasteiger charge is -2.33. The monoisotopic (exact) mass is 402 g/mol. The number of benzene rings is 1. The molecule has 0 saturated carbocycles. The van der Waals surface area contributed by atoms with Crippen molar-refractivity contribution in [2.45, 2.75) is 32.2 Å². The molecule has 1 saturated heterocycles. The van der Waals surface area contributed by atoms with E-state index in [1.165, 1.54) is 17.0 Å². The number of nitrogens with zero attached hydrogens (tertiary/aromatic N) is 2. The summed E-state index contributed by atoms with van der Waals surface area (Å²) in [5, 5.41) is 0. The van der Waals surface area contributed by atoms with Crippen LogP contribution in [0, 0.1) is 0 Å². The lowest BCUT2D eigenvalue weighted by Crippen LogP contribution is -2.50. The maximum absolute atomic E-state index is 12.5. The number of piperidine rings is 1. The summed E-state index contributed by atoms with van der Waals surface area (Å²) in [6.07, 6.45) is 2.03. The Morgan fingerprint density at radius 1 is 1.03 bits per heavy atom. The average Bonchev–Trinajstić information content (AvgIpc) is 2.97. The van der Waals surface area contributed by atoms with Gasteiger partial charge in [0.2, 0.25) is 0 Å². The summed E-state index contributed by atoms with van der Waals surface area (Å²) in [7, 11) is 0. The largest absolute Gasteiger partial charge is 0.464 e. The van der Waals surface area contributed by atoms with Gasteiger partial charge in [-0.05, 0) is 38.3 Å². The molecule has 0 aliphatic carbocycles. The number of rotatable bonds is 6. The van der Waals surface area contributed by atoms with E-state index in [0.29, 0.717) is 13.0 Å². The first kappa shape index (κ1) is 20.5. The zero-order valence-corrected chi connectivity index (χ0v) is 16.1. The zero-order valence-electron chi connectivity index (χ0n) is 16.1. The van der Waals surface area contributed by atoms with E-state index >= 15 is 0 Å². The smallest absolute Gasteiger partial charge is 0.328 e. The Hall–Kier alpha value is -3.23. The van der Waals surface area contributed by atoms with Crippen LogP contribution >= 0.6 is 0 Å². The van der Waals surface area contributed by atoms with Crippen LogP contribution in [0.2, 0.25) is 0 Å². The topological polar surface area (TPSA) is 110 Å². The molecule has 3 amide bonds. The van der Waals surface area contributed by atoms with Crippen LogP contribution in [0.4, 0.5) is 0 Å². The van der Waals surface area contributed by atoms with Crippen LogP contribution in [-0.4, -0.2) is 71.8 Å². The van der Waals surface area contributed by atoms with E-state index in [4.69, 9.17) is 9.47 Å². The first-order chi connectivity index (χ1) is 13.9. The lowest BCUT2D eigenvalue weighted by atomic mass is 10.0. The van der Waals surface area contributed by atoms with Gasteiger partial charge < -0.3 is 14.4 Å². The molecule has 0 radical (unpaired) electrons. The molecule has 0 bridgehead atoms. The van der Waals surface area contributed by atoms with Crippen LogP contribution in [-0.2, 0) is 23.9 Å². The Morgan fingerprint density at radius 2 is 1.69 bits per heavy atom. The third kappa shape index (κ3) is 4.28. The Balaban J connectivity index is 1.55. The number of amides is 3. The Bertz CT molecular complexity index is 816. The van der Waals surface area contributed by atoms with E-state index in [2.05, 4.69) is 0 Å². The summed E-state index contributed by atoms with van der Waals surface area (Å²) in [5.41, 5.74) is 0.457. The molecule has 0 N–H and O–H groups in total. The SMILES string of the molecule is CCOC(=O)[C@H]1CCCCN1C(=O)COC(=O)CN1C(=O)c2ccccc2C1=O. The zero-order chi connectivity index (χ0) is 21.0. The highest BCUT2D eigenvalue weighted by atomic mass is 16.5. The Labute approximate surface area is 167 Å². The molecular formula is C20H22N2O7. The number of ether oxygens (including phenoxy) is 2. The van der Waals surface area contributed by atoms with Gasteiger partial charge in [0.1, 0.15) is 12.6 Å². The molecule has 2 aliphatic heterocycles. The van der Waals surface area contributed by atoms with Gasteiger partial charge in [-0.2, -0.15) is 0 Å². The highest BCUT2D eigenvalue weighted by molar-refractivity contribution is 6.22. The van der Waals surface area contributed by atoms with Gasteiger partial charge in [0.05, 0.1) is 17.7 Å². The number of imide groups is 1. The summed E-state index contributed by atoms with van der Waals surface area (Å²) >= 11 is 0. The summed E-state index contributed by atoms with van der Waals surface area (Å²) in [4.78, 5) is 63.3. The third-order valence-corrected chi connectivity index (χ3v) is 4.90. The maximum Gasteiger partial charge on any atom is 0.328 e. The highest BCUT2D eigenvalue weighted by Crippen LogP contribution is 2.22. The number of esters is 2. The molecule has 2 heterocycles. The van der Waals surface area contributed by atoms with E-state index in [1.54, 1.807) is 19.1 Å². The molecular weight excluding hydrogens is 380 g/mol. The van der Waals surface area contributed by atoms with E-state index in [1.807, 2.05) is 0 Å². The van der Waals surface area contributed by atoms with Gasteiger partial charge in [0, 0.05) is 6.54 Å². The number of carbonyl (C=O) groups is 5. The van der Waals surface area contributed by atoms with Crippen LogP contribution in [0.1, 0.15) is 46.9 Å². The fourth-order valence-corrected chi connectivity index (χ4v) is 3.50. The quantitative estimate of drug-likeness (QED) is 0.510. The molecule has 9 heteroatoms. The third-order valence-electron chi connectivity index (χ3n) is 4.90. The first-order valence-corrected chi connectivity index (χ1v) is 9.51. The molecule has 0 aromatic heterocycles. The van der Waals surface area contributed by atoms with Gasteiger partial charge in [-0.3, -0.25) is 24.1 Å². The molecule has 29 heavy (non-hydrogen) atoms. The molecule has 9 nitrogen and oxygen atoms in total. The standard InChI is InChI=1S/C20H22N2O7/c1-2-28-20(27)15-9-5-6-10-21(15)16(23)12-29-17(24)11-22-18(25)13-7-3-4-8-14(13)19(22)26/h3-4,7-8,15H,2,5-6,9-12H2,1H3/t15-/m1/s1. The fraction of sp³-hybridized carbons (Fsp3) is 0.450. The second-order valence-electron chi connectivity index (χ2n) is 6.75. The van der Waals surface area contributed by atoms with Crippen LogP contribution in [0.3, 0.4) is 0 Å². The van der Waals surface area contributed by atoms with Crippen LogP contribution in [0.25, 0.3) is 0 Å². The Morgan fingerprint density at radius 3 is 2.31 bits per heavy atom. The summed E-state index contributed by atoms with van der Waals surface area (Å²) in [6, 6.07) is 5.59. The number of likely N-dealkylation sites (tertiary alicyclic amines) is 1. The van der Waals surface area contributed by atoms with Gasteiger partial charge in [-0.1, -0.05) is 12.1 Å². The molecule has 1 atom stereocenters. The van der Waals surface area contributed by atoms with Crippen molar-refractivity contribution in [3.63, 3.8) is 0 Å². The molecule has 154 valence electrons. The van der Waals surface area contributed by atoms with Gasteiger partial charge >= 0.3 is 11.9 Å². The summed E-state index contributed by atoms with van der Waals surface area (Å²) < 4.78 is 9.98. The molecule has 1 fully saturated rings. The van der Waals surface area contributed by atoms with Gasteiger partial charge in [0.15, 0.2) is 6.61 Å². The lowest BCUT2D eigenvalue weighted by molar-refractivity contribution is -0.161. The van der Waals surface area contributed by atoms with Gasteiger partial charge in [-0.25, -0.2) is 4.79 Å². The molecule has 2 aliphatic rings. The molecule has 3 rings (SSSR count). The Kier molecular flexibility index (Phi) is 6.26. The molecule has 0 spiro atoms. The van der Waals surface area contributed by atoms with E-state index in [0.717, 1.165) is 17.7 Å². The van der Waals surface area contributed by atoms with Gasteiger partial charge in [0.25, 0.3) is 17.7 Å². The minimum Gasteiger partial charge on any atom is -0.464 e. The number of hydrogen-bond acceptors (Lipinski definition) is 7. The second-order valence-corrected chi connectivity index (χ2v) is 6.75. The van der Waals surface area contributed by atoms with Crippen molar-refractivity contribution in [1.82, 2.24) is 9.80 Å². The minimum absolute atomic E-state index is 0.215.